The van der Waals surface area contributed by atoms with Gasteiger partial charge in [-0.25, -0.2) is 9.69 Å². The van der Waals surface area contributed by atoms with Crippen molar-refractivity contribution in [3.05, 3.63) is 33.9 Å². The van der Waals surface area contributed by atoms with Gasteiger partial charge in [0.05, 0.1) is 10.6 Å². The van der Waals surface area contributed by atoms with E-state index in [0.717, 1.165) is 25.3 Å². The lowest BCUT2D eigenvalue weighted by atomic mass is 9.99. The fourth-order valence-corrected chi connectivity index (χ4v) is 4.21. The van der Waals surface area contributed by atoms with Crippen LogP contribution in [0.3, 0.4) is 0 Å². The Morgan fingerprint density at radius 2 is 1.92 bits per heavy atom. The van der Waals surface area contributed by atoms with E-state index in [1.54, 1.807) is 0 Å². The van der Waals surface area contributed by atoms with Crippen LogP contribution in [0.25, 0.3) is 0 Å². The molecule has 0 aromatic heterocycles. The monoisotopic (exact) mass is 355 g/mol. The van der Waals surface area contributed by atoms with E-state index in [-0.39, 0.29) is 17.6 Å². The van der Waals surface area contributed by atoms with E-state index in [9.17, 15) is 32.9 Å². The molecule has 3 amide bonds. The summed E-state index contributed by atoms with van der Waals surface area (Å²) in [4.78, 5) is 37.1. The fourth-order valence-electron chi connectivity index (χ4n) is 4.21. The number of fused-ring (bicyclic) bond motifs is 5. The van der Waals surface area contributed by atoms with Gasteiger partial charge < -0.3 is 4.90 Å². The molecule has 3 aliphatic rings. The summed E-state index contributed by atoms with van der Waals surface area (Å²) in [7, 11) is 0. The third-order valence-corrected chi connectivity index (χ3v) is 5.21. The molecule has 1 unspecified atom stereocenters. The van der Waals surface area contributed by atoms with Gasteiger partial charge in [0.2, 0.25) is 0 Å². The predicted molar refractivity (Wildman–Crippen MR) is 77.7 cm³/mol. The Morgan fingerprint density at radius 1 is 1.20 bits per heavy atom. The highest BCUT2D eigenvalue weighted by molar-refractivity contribution is 6.22. The maximum absolute atomic E-state index is 13.1. The Balaban J connectivity index is 1.77. The summed E-state index contributed by atoms with van der Waals surface area (Å²) in [6.45, 7) is 0. The molecule has 132 valence electrons. The molecule has 4 rings (SSSR count). The molecule has 2 saturated heterocycles. The number of halogens is 3. The Hall–Kier alpha value is -2.65. The van der Waals surface area contributed by atoms with Crippen molar-refractivity contribution >= 4 is 23.3 Å². The first-order chi connectivity index (χ1) is 11.7. The second kappa shape index (κ2) is 4.93. The average Bonchev–Trinajstić information content (AvgIpc) is 3.20. The number of carbonyl (C=O) groups excluding carboxylic acids is 2. The molecule has 3 atom stereocenters. The third-order valence-electron chi connectivity index (χ3n) is 5.21. The van der Waals surface area contributed by atoms with Crippen LogP contribution in [0.5, 0.6) is 0 Å². The van der Waals surface area contributed by atoms with E-state index in [2.05, 4.69) is 0 Å². The van der Waals surface area contributed by atoms with Crippen molar-refractivity contribution in [2.75, 3.05) is 4.90 Å². The van der Waals surface area contributed by atoms with E-state index in [1.165, 1.54) is 4.90 Å². The first-order valence-corrected chi connectivity index (χ1v) is 7.72. The lowest BCUT2D eigenvalue weighted by molar-refractivity contribution is -0.388. The molecule has 2 heterocycles. The Labute approximate surface area is 139 Å². The minimum Gasteiger partial charge on any atom is -0.309 e. The molecule has 1 aliphatic carbocycles. The topological polar surface area (TPSA) is 83.8 Å². The van der Waals surface area contributed by atoms with Gasteiger partial charge >= 0.3 is 12.2 Å². The van der Waals surface area contributed by atoms with Crippen molar-refractivity contribution in [1.29, 1.82) is 0 Å². The molecule has 1 aromatic carbocycles. The van der Waals surface area contributed by atoms with Crippen LogP contribution in [0.2, 0.25) is 0 Å². The number of nitro benzene ring substituents is 1. The van der Waals surface area contributed by atoms with Crippen molar-refractivity contribution < 1.29 is 27.7 Å². The van der Waals surface area contributed by atoms with E-state index >= 15 is 0 Å². The van der Waals surface area contributed by atoms with Crippen molar-refractivity contribution in [1.82, 2.24) is 4.90 Å². The second-order valence-corrected chi connectivity index (χ2v) is 6.49. The van der Waals surface area contributed by atoms with Gasteiger partial charge in [0.15, 0.2) is 0 Å². The smallest absolute Gasteiger partial charge is 0.309 e. The standard InChI is InChI=1S/C15H12F3N3O4/c16-15(17,18)10-6-9(3-4-11(10)21(24)25)20-13(22)12-7-1-2-8(5-7)19(12)14(20)23/h3-4,6-8,12H,1-2,5H2/t7-,8+,12?/m1/s1. The minimum atomic E-state index is -4.97. The maximum atomic E-state index is 13.1. The van der Waals surface area contributed by atoms with E-state index < -0.39 is 40.3 Å². The number of urea groups is 1. The van der Waals surface area contributed by atoms with Crippen LogP contribution in [-0.2, 0) is 11.0 Å². The van der Waals surface area contributed by atoms with Gasteiger partial charge in [-0.2, -0.15) is 13.2 Å². The Bertz CT molecular complexity index is 782. The molecular weight excluding hydrogens is 343 g/mol. The van der Waals surface area contributed by atoms with Crippen molar-refractivity contribution in [2.24, 2.45) is 5.92 Å². The normalized spacial score (nSPS) is 28.0. The summed E-state index contributed by atoms with van der Waals surface area (Å²) in [5, 5.41) is 10.8. The molecule has 0 N–H and O–H groups in total. The van der Waals surface area contributed by atoms with Crippen LogP contribution < -0.4 is 4.90 Å². The summed E-state index contributed by atoms with van der Waals surface area (Å²) < 4.78 is 39.4. The molecule has 2 bridgehead atoms. The van der Waals surface area contributed by atoms with Gasteiger partial charge in [-0.15, -0.1) is 0 Å². The number of carbonyl (C=O) groups is 2. The highest BCUT2D eigenvalue weighted by Gasteiger charge is 2.59. The van der Waals surface area contributed by atoms with Gasteiger partial charge in [0, 0.05) is 12.1 Å². The second-order valence-electron chi connectivity index (χ2n) is 6.49. The Morgan fingerprint density at radius 3 is 2.52 bits per heavy atom. The summed E-state index contributed by atoms with van der Waals surface area (Å²) in [5.74, 6) is -0.522. The van der Waals surface area contributed by atoms with Crippen LogP contribution >= 0.6 is 0 Å². The number of benzene rings is 1. The zero-order valence-corrected chi connectivity index (χ0v) is 12.7. The van der Waals surface area contributed by atoms with E-state index in [0.29, 0.717) is 17.0 Å². The molecule has 7 nitrogen and oxygen atoms in total. The van der Waals surface area contributed by atoms with Crippen LogP contribution in [0, 0.1) is 16.0 Å². The number of nitro groups is 1. The molecular formula is C15H12F3N3O4. The lowest BCUT2D eigenvalue weighted by Crippen LogP contribution is -2.40. The number of piperidine rings is 1. The van der Waals surface area contributed by atoms with E-state index in [1.807, 2.05) is 0 Å². The van der Waals surface area contributed by atoms with Crippen LogP contribution in [0.1, 0.15) is 24.8 Å². The predicted octanol–water partition coefficient (Wildman–Crippen LogP) is 2.93. The van der Waals surface area contributed by atoms with Gasteiger partial charge in [0.25, 0.3) is 11.6 Å². The van der Waals surface area contributed by atoms with Crippen LogP contribution in [0.15, 0.2) is 18.2 Å². The maximum Gasteiger partial charge on any atom is 0.423 e. The van der Waals surface area contributed by atoms with Gasteiger partial charge in [-0.1, -0.05) is 0 Å². The highest BCUT2D eigenvalue weighted by atomic mass is 19.4. The molecule has 0 spiro atoms. The van der Waals surface area contributed by atoms with Gasteiger partial charge in [-0.05, 0) is 37.3 Å². The summed E-state index contributed by atoms with van der Waals surface area (Å²) in [6, 6.07) is 0.846. The molecule has 25 heavy (non-hydrogen) atoms. The zero-order valence-electron chi connectivity index (χ0n) is 12.7. The number of hydrogen-bond donors (Lipinski definition) is 0. The number of hydrogen-bond acceptors (Lipinski definition) is 4. The van der Waals surface area contributed by atoms with Gasteiger partial charge in [-0.3, -0.25) is 14.9 Å². The molecule has 3 fully saturated rings. The first kappa shape index (κ1) is 15.9. The Kier molecular flexibility index (Phi) is 3.13. The number of amides is 3. The summed E-state index contributed by atoms with van der Waals surface area (Å²) in [6.07, 6.45) is -2.64. The zero-order chi connectivity index (χ0) is 18.1. The quantitative estimate of drug-likeness (QED) is 0.464. The molecule has 10 heteroatoms. The number of anilines is 1. The third kappa shape index (κ3) is 2.12. The molecule has 1 aromatic rings. The molecule has 0 radical (unpaired) electrons. The number of rotatable bonds is 2. The highest BCUT2D eigenvalue weighted by Crippen LogP contribution is 2.48. The fraction of sp³-hybridized carbons (Fsp3) is 0.467. The largest absolute Gasteiger partial charge is 0.423 e. The number of alkyl halides is 3. The van der Waals surface area contributed by atoms with Crippen LogP contribution in [-0.4, -0.2) is 33.8 Å². The van der Waals surface area contributed by atoms with Crippen LogP contribution in [0.4, 0.5) is 29.3 Å². The lowest BCUT2D eigenvalue weighted by Gasteiger charge is -2.25. The number of imide groups is 1. The SMILES string of the molecule is O=C1C2[C@@H]3CC[C@@H](C3)N2C(=O)N1c1ccc([N+](=O)[O-])c(C(F)(F)F)c1. The first-order valence-electron chi connectivity index (χ1n) is 7.72. The molecule has 2 aliphatic heterocycles. The average molecular weight is 355 g/mol. The van der Waals surface area contributed by atoms with Crippen molar-refractivity contribution in [3.63, 3.8) is 0 Å². The number of nitrogens with zero attached hydrogens (tertiary/aromatic N) is 3. The summed E-state index contributed by atoms with van der Waals surface area (Å²) >= 11 is 0. The summed E-state index contributed by atoms with van der Waals surface area (Å²) in [5.41, 5.74) is -2.89. The minimum absolute atomic E-state index is 0.0339. The van der Waals surface area contributed by atoms with Gasteiger partial charge in [0.1, 0.15) is 11.6 Å². The van der Waals surface area contributed by atoms with Crippen molar-refractivity contribution in [3.8, 4) is 0 Å². The van der Waals surface area contributed by atoms with Crippen molar-refractivity contribution in [2.45, 2.75) is 37.5 Å². The van der Waals surface area contributed by atoms with E-state index in [4.69, 9.17) is 0 Å². The molecule has 1 saturated carbocycles.